The van der Waals surface area contributed by atoms with E-state index in [1.165, 1.54) is 12.1 Å². The van der Waals surface area contributed by atoms with Gasteiger partial charge in [-0.05, 0) is 66.8 Å². The summed E-state index contributed by atoms with van der Waals surface area (Å²) >= 11 is 0. The zero-order valence-electron chi connectivity index (χ0n) is 20.9. The lowest BCUT2D eigenvalue weighted by Gasteiger charge is -2.30. The predicted octanol–water partition coefficient (Wildman–Crippen LogP) is 7.64. The highest BCUT2D eigenvalue weighted by Gasteiger charge is 2.31. The van der Waals surface area contributed by atoms with E-state index in [1.54, 1.807) is 18.2 Å². The molecule has 0 spiro atoms. The van der Waals surface area contributed by atoms with Crippen molar-refractivity contribution < 1.29 is 27.5 Å². The molecule has 0 aliphatic carbocycles. The molecule has 4 rings (SSSR count). The summed E-state index contributed by atoms with van der Waals surface area (Å²) in [5, 5.41) is 0. The number of hydrogen-bond acceptors (Lipinski definition) is 4. The second-order valence-electron chi connectivity index (χ2n) is 9.21. The molecule has 196 valence electrons. The van der Waals surface area contributed by atoms with Gasteiger partial charge in [-0.2, -0.15) is 13.2 Å². The average Bonchev–Trinajstić information content (AvgIpc) is 2.92. The van der Waals surface area contributed by atoms with Crippen LogP contribution in [0.3, 0.4) is 0 Å². The minimum atomic E-state index is -4.45. The maximum atomic E-state index is 13.0. The number of halogens is 3. The molecule has 0 saturated carbocycles. The first-order valence-corrected chi connectivity index (χ1v) is 12.2. The normalized spacial score (nSPS) is 12.9. The average molecular weight is 520 g/mol. The van der Waals surface area contributed by atoms with E-state index >= 15 is 0 Å². The molecule has 0 heterocycles. The van der Waals surface area contributed by atoms with Crippen LogP contribution in [0.5, 0.6) is 11.5 Å². The van der Waals surface area contributed by atoms with E-state index in [2.05, 4.69) is 5.48 Å². The lowest BCUT2D eigenvalue weighted by molar-refractivity contribution is -0.156. The molecule has 0 radical (unpaired) electrons. The Labute approximate surface area is 220 Å². The fourth-order valence-corrected chi connectivity index (χ4v) is 4.11. The topological polar surface area (TPSA) is 47.6 Å². The van der Waals surface area contributed by atoms with Crippen molar-refractivity contribution in [3.8, 4) is 11.5 Å². The van der Waals surface area contributed by atoms with Crippen LogP contribution in [0.1, 0.15) is 35.6 Å². The molecule has 4 aromatic rings. The largest absolute Gasteiger partial charge is 0.457 e. The van der Waals surface area contributed by atoms with Crippen LogP contribution in [0.2, 0.25) is 0 Å². The number of hydroxylamine groups is 1. The first kappa shape index (κ1) is 26.9. The van der Waals surface area contributed by atoms with Gasteiger partial charge in [0.2, 0.25) is 0 Å². The quantitative estimate of drug-likeness (QED) is 0.219. The second kappa shape index (κ2) is 12.0. The minimum absolute atomic E-state index is 0.0826. The number of carbonyl (C=O) groups is 1. The van der Waals surface area contributed by atoms with E-state index in [0.29, 0.717) is 18.6 Å². The SMILES string of the molecule is C[C@@](Cc1ccccc1)(NOC(=O)CCc1cccc(Oc2cccc(C(F)(F)F)c2)c1)c1ccccc1. The molecular weight excluding hydrogens is 491 g/mol. The molecule has 0 aliphatic rings. The van der Waals surface area contributed by atoms with E-state index in [-0.39, 0.29) is 12.2 Å². The first-order chi connectivity index (χ1) is 18.2. The fraction of sp³-hybridized carbons (Fsp3) is 0.194. The Balaban J connectivity index is 1.36. The van der Waals surface area contributed by atoms with Crippen LogP contribution in [0.25, 0.3) is 0 Å². The van der Waals surface area contributed by atoms with Crippen LogP contribution in [-0.4, -0.2) is 5.97 Å². The number of nitrogens with one attached hydrogen (secondary N) is 1. The van der Waals surface area contributed by atoms with Gasteiger partial charge in [-0.1, -0.05) is 78.9 Å². The molecule has 0 unspecified atom stereocenters. The monoisotopic (exact) mass is 519 g/mol. The van der Waals surface area contributed by atoms with E-state index in [9.17, 15) is 18.0 Å². The van der Waals surface area contributed by atoms with Crippen molar-refractivity contribution in [1.82, 2.24) is 5.48 Å². The molecule has 0 aliphatic heterocycles. The zero-order valence-corrected chi connectivity index (χ0v) is 20.9. The minimum Gasteiger partial charge on any atom is -0.457 e. The van der Waals surface area contributed by atoms with Gasteiger partial charge in [0.25, 0.3) is 0 Å². The molecule has 4 nitrogen and oxygen atoms in total. The lowest BCUT2D eigenvalue weighted by atomic mass is 9.86. The Bertz CT molecular complexity index is 1340. The summed E-state index contributed by atoms with van der Waals surface area (Å²) < 4.78 is 44.6. The van der Waals surface area contributed by atoms with Crippen molar-refractivity contribution in [1.29, 1.82) is 0 Å². The van der Waals surface area contributed by atoms with Gasteiger partial charge >= 0.3 is 12.1 Å². The molecule has 7 heteroatoms. The van der Waals surface area contributed by atoms with Gasteiger partial charge < -0.3 is 9.57 Å². The van der Waals surface area contributed by atoms with Gasteiger partial charge in [0, 0.05) is 0 Å². The molecule has 0 fully saturated rings. The van der Waals surface area contributed by atoms with Gasteiger partial charge in [0.15, 0.2) is 0 Å². The summed E-state index contributed by atoms with van der Waals surface area (Å²) in [6.07, 6.45) is -3.36. The highest BCUT2D eigenvalue weighted by atomic mass is 19.4. The Morgan fingerprint density at radius 1 is 0.737 bits per heavy atom. The Kier molecular flexibility index (Phi) is 8.48. The highest BCUT2D eigenvalue weighted by molar-refractivity contribution is 5.69. The Hall–Kier alpha value is -4.10. The molecule has 38 heavy (non-hydrogen) atoms. The number of carbonyl (C=O) groups excluding carboxylic acids is 1. The third kappa shape index (κ3) is 7.46. The van der Waals surface area contributed by atoms with Crippen molar-refractivity contribution in [2.24, 2.45) is 0 Å². The number of aryl methyl sites for hydroxylation is 1. The smallest absolute Gasteiger partial charge is 0.416 e. The van der Waals surface area contributed by atoms with Gasteiger partial charge in [0.05, 0.1) is 17.5 Å². The number of rotatable bonds is 10. The van der Waals surface area contributed by atoms with Crippen LogP contribution in [-0.2, 0) is 34.2 Å². The van der Waals surface area contributed by atoms with Crippen LogP contribution >= 0.6 is 0 Å². The second-order valence-corrected chi connectivity index (χ2v) is 9.21. The zero-order chi connectivity index (χ0) is 27.0. The number of benzene rings is 4. The van der Waals surface area contributed by atoms with Crippen LogP contribution < -0.4 is 10.2 Å². The van der Waals surface area contributed by atoms with Crippen LogP contribution in [0.4, 0.5) is 13.2 Å². The van der Waals surface area contributed by atoms with E-state index in [1.807, 2.05) is 73.7 Å². The third-order valence-corrected chi connectivity index (χ3v) is 6.11. The summed E-state index contributed by atoms with van der Waals surface area (Å²) in [4.78, 5) is 18.1. The maximum absolute atomic E-state index is 13.0. The summed E-state index contributed by atoms with van der Waals surface area (Å²) in [6.45, 7) is 1.98. The molecule has 0 saturated heterocycles. The molecular formula is C31H28F3NO3. The van der Waals surface area contributed by atoms with Gasteiger partial charge in [0.1, 0.15) is 11.5 Å². The summed E-state index contributed by atoms with van der Waals surface area (Å²) in [5.74, 6) is 0.0384. The number of ether oxygens (including phenoxy) is 1. The summed E-state index contributed by atoms with van der Waals surface area (Å²) in [5.41, 5.74) is 4.44. The third-order valence-electron chi connectivity index (χ3n) is 6.11. The molecule has 1 atom stereocenters. The Morgan fingerprint density at radius 3 is 2.00 bits per heavy atom. The molecule has 1 N–H and O–H groups in total. The first-order valence-electron chi connectivity index (χ1n) is 12.2. The highest BCUT2D eigenvalue weighted by Crippen LogP contribution is 2.33. The van der Waals surface area contributed by atoms with Gasteiger partial charge in [-0.3, -0.25) is 4.79 Å². The Morgan fingerprint density at radius 2 is 1.32 bits per heavy atom. The summed E-state index contributed by atoms with van der Waals surface area (Å²) in [7, 11) is 0. The van der Waals surface area contributed by atoms with Crippen molar-refractivity contribution in [2.45, 2.75) is 37.9 Å². The molecule has 0 bridgehead atoms. The van der Waals surface area contributed by atoms with Gasteiger partial charge in [-0.15, -0.1) is 5.48 Å². The van der Waals surface area contributed by atoms with Crippen molar-refractivity contribution in [3.63, 3.8) is 0 Å². The number of hydrogen-bond donors (Lipinski definition) is 1. The fourth-order valence-electron chi connectivity index (χ4n) is 4.11. The van der Waals surface area contributed by atoms with Crippen molar-refractivity contribution in [3.05, 3.63) is 131 Å². The van der Waals surface area contributed by atoms with Crippen molar-refractivity contribution in [2.75, 3.05) is 0 Å². The maximum Gasteiger partial charge on any atom is 0.416 e. The van der Waals surface area contributed by atoms with Crippen molar-refractivity contribution >= 4 is 5.97 Å². The van der Waals surface area contributed by atoms with Crippen LogP contribution in [0.15, 0.2) is 109 Å². The number of alkyl halides is 3. The lowest BCUT2D eigenvalue weighted by Crippen LogP contribution is -2.42. The molecule has 4 aromatic carbocycles. The van der Waals surface area contributed by atoms with E-state index in [0.717, 1.165) is 28.8 Å². The van der Waals surface area contributed by atoms with E-state index in [4.69, 9.17) is 9.57 Å². The molecule has 0 aromatic heterocycles. The van der Waals surface area contributed by atoms with E-state index < -0.39 is 23.2 Å². The summed E-state index contributed by atoms with van der Waals surface area (Å²) in [6, 6.07) is 31.3. The standard InChI is InChI=1S/C31H28F3NO3/c1-30(25-13-6-3-7-14-25,22-24-10-4-2-5-11-24)35-38-29(36)19-18-23-12-8-16-27(20-23)37-28-17-9-15-26(21-28)31(32,33)34/h2-17,20-21,35H,18-19,22H2,1H3/t30-/m0/s1. The molecule has 0 amide bonds. The predicted molar refractivity (Wildman–Crippen MR) is 139 cm³/mol. The van der Waals surface area contributed by atoms with Gasteiger partial charge in [-0.25, -0.2) is 0 Å². The van der Waals surface area contributed by atoms with Crippen LogP contribution in [0, 0.1) is 0 Å².